The van der Waals surface area contributed by atoms with E-state index in [0.717, 1.165) is 0 Å². The van der Waals surface area contributed by atoms with Gasteiger partial charge in [0, 0.05) is 11.3 Å². The number of hydrogen-bond donors (Lipinski definition) is 1. The highest BCUT2D eigenvalue weighted by Crippen LogP contribution is 2.40. The molecule has 0 heterocycles. The predicted molar refractivity (Wildman–Crippen MR) is 72.9 cm³/mol. The summed E-state index contributed by atoms with van der Waals surface area (Å²) in [4.78, 5) is 12.5. The van der Waals surface area contributed by atoms with Crippen molar-refractivity contribution < 1.29 is 9.90 Å². The number of hydrogen-bond acceptors (Lipinski definition) is 2. The highest BCUT2D eigenvalue weighted by atomic mass is 16.3. The molecule has 0 aliphatic carbocycles. The van der Waals surface area contributed by atoms with E-state index in [2.05, 4.69) is 0 Å². The molecule has 0 radical (unpaired) electrons. The highest BCUT2D eigenvalue weighted by Gasteiger charge is 2.45. The summed E-state index contributed by atoms with van der Waals surface area (Å²) >= 11 is 0. The zero-order valence-corrected chi connectivity index (χ0v) is 13.0. The van der Waals surface area contributed by atoms with Crippen LogP contribution in [0.15, 0.2) is 0 Å². The van der Waals surface area contributed by atoms with Crippen molar-refractivity contribution in [3.8, 4) is 0 Å². The molecule has 0 rings (SSSR count). The van der Waals surface area contributed by atoms with Crippen molar-refractivity contribution in [2.75, 3.05) is 0 Å². The minimum absolute atomic E-state index is 0.146. The molecule has 0 saturated carbocycles. The fraction of sp³-hybridized carbons (Fsp3) is 0.933. The van der Waals surface area contributed by atoms with Crippen LogP contribution in [0.5, 0.6) is 0 Å². The van der Waals surface area contributed by atoms with Crippen LogP contribution >= 0.6 is 0 Å². The number of ketones is 1. The Morgan fingerprint density at radius 2 is 1.18 bits per heavy atom. The maximum absolute atomic E-state index is 12.5. The molecule has 0 spiro atoms. The third kappa shape index (κ3) is 4.42. The van der Waals surface area contributed by atoms with Crippen LogP contribution in [0.2, 0.25) is 0 Å². The quantitative estimate of drug-likeness (QED) is 0.802. The molecule has 0 aromatic heterocycles. The first-order chi connectivity index (χ1) is 7.19. The van der Waals surface area contributed by atoms with Gasteiger partial charge in [0.15, 0.2) is 0 Å². The monoisotopic (exact) mass is 242 g/mol. The van der Waals surface area contributed by atoms with E-state index in [9.17, 15) is 9.90 Å². The molecule has 2 nitrogen and oxygen atoms in total. The van der Waals surface area contributed by atoms with Crippen molar-refractivity contribution in [3.05, 3.63) is 0 Å². The van der Waals surface area contributed by atoms with E-state index in [-0.39, 0.29) is 22.5 Å². The first-order valence-electron chi connectivity index (χ1n) is 6.41. The van der Waals surface area contributed by atoms with Gasteiger partial charge in [0.05, 0.1) is 6.10 Å². The van der Waals surface area contributed by atoms with Gasteiger partial charge in [-0.15, -0.1) is 0 Å². The molecule has 0 aromatic rings. The fourth-order valence-electron chi connectivity index (χ4n) is 1.98. The average molecular weight is 242 g/mol. The van der Waals surface area contributed by atoms with E-state index in [1.165, 1.54) is 0 Å². The second-order valence-corrected chi connectivity index (χ2v) is 8.27. The van der Waals surface area contributed by atoms with E-state index in [4.69, 9.17) is 0 Å². The van der Waals surface area contributed by atoms with Gasteiger partial charge in [-0.1, -0.05) is 62.3 Å². The Kier molecular flexibility index (Phi) is 4.61. The lowest BCUT2D eigenvalue weighted by molar-refractivity contribution is -0.143. The molecule has 2 heteroatoms. The van der Waals surface area contributed by atoms with Crippen LogP contribution < -0.4 is 0 Å². The molecule has 2 atom stereocenters. The van der Waals surface area contributed by atoms with Crippen LogP contribution in [0, 0.1) is 22.2 Å². The number of carbonyl (C=O) groups excluding carboxylic acids is 1. The molecule has 17 heavy (non-hydrogen) atoms. The smallest absolute Gasteiger partial charge is 0.144 e. The van der Waals surface area contributed by atoms with Gasteiger partial charge in [0.1, 0.15) is 5.78 Å². The predicted octanol–water partition coefficient (Wildman–Crippen LogP) is 3.67. The van der Waals surface area contributed by atoms with Gasteiger partial charge in [-0.05, 0) is 10.8 Å². The molecule has 0 unspecified atom stereocenters. The van der Waals surface area contributed by atoms with E-state index >= 15 is 0 Å². The number of aliphatic hydroxyl groups excluding tert-OH is 1. The summed E-state index contributed by atoms with van der Waals surface area (Å²) in [5.41, 5.74) is -0.917. The number of rotatable bonds is 2. The zero-order chi connectivity index (χ0) is 14.2. The van der Waals surface area contributed by atoms with Crippen LogP contribution in [-0.2, 0) is 4.79 Å². The summed E-state index contributed by atoms with van der Waals surface area (Å²) in [5, 5.41) is 10.5. The molecule has 0 aliphatic heterocycles. The molecule has 0 amide bonds. The van der Waals surface area contributed by atoms with E-state index in [0.29, 0.717) is 0 Å². The van der Waals surface area contributed by atoms with Gasteiger partial charge >= 0.3 is 0 Å². The zero-order valence-electron chi connectivity index (χ0n) is 13.0. The topological polar surface area (TPSA) is 37.3 Å². The Labute approximate surface area is 107 Å². The first-order valence-corrected chi connectivity index (χ1v) is 6.41. The lowest BCUT2D eigenvalue weighted by Crippen LogP contribution is -2.48. The molecule has 0 aromatic carbocycles. The minimum atomic E-state index is -0.616. The lowest BCUT2D eigenvalue weighted by atomic mass is 9.64. The third-order valence-corrected chi connectivity index (χ3v) is 3.16. The summed E-state index contributed by atoms with van der Waals surface area (Å²) in [6.45, 7) is 17.8. The molecule has 0 fully saturated rings. The van der Waals surface area contributed by atoms with Gasteiger partial charge in [-0.2, -0.15) is 0 Å². The van der Waals surface area contributed by atoms with Gasteiger partial charge in [0.25, 0.3) is 0 Å². The summed E-state index contributed by atoms with van der Waals surface area (Å²) in [5.74, 6) is -0.185. The van der Waals surface area contributed by atoms with Crippen LogP contribution in [0.3, 0.4) is 0 Å². The van der Waals surface area contributed by atoms with Gasteiger partial charge in [-0.25, -0.2) is 0 Å². The second-order valence-electron chi connectivity index (χ2n) is 8.27. The lowest BCUT2D eigenvalue weighted by Gasteiger charge is -2.42. The summed E-state index contributed by atoms with van der Waals surface area (Å²) in [7, 11) is 0. The van der Waals surface area contributed by atoms with Crippen molar-refractivity contribution in [2.24, 2.45) is 22.2 Å². The highest BCUT2D eigenvalue weighted by molar-refractivity contribution is 5.87. The van der Waals surface area contributed by atoms with Gasteiger partial charge < -0.3 is 5.11 Å². The van der Waals surface area contributed by atoms with Crippen molar-refractivity contribution >= 4 is 5.78 Å². The van der Waals surface area contributed by atoms with E-state index in [1.54, 1.807) is 0 Å². The molecule has 0 aliphatic rings. The second kappa shape index (κ2) is 4.72. The van der Waals surface area contributed by atoms with Crippen molar-refractivity contribution in [1.29, 1.82) is 0 Å². The van der Waals surface area contributed by atoms with Crippen molar-refractivity contribution in [1.82, 2.24) is 0 Å². The Morgan fingerprint density at radius 3 is 1.35 bits per heavy atom. The largest absolute Gasteiger partial charge is 0.392 e. The molecule has 1 N–H and O–H groups in total. The Balaban J connectivity index is 5.41. The third-order valence-electron chi connectivity index (χ3n) is 3.16. The normalized spacial score (nSPS) is 17.8. The summed E-state index contributed by atoms with van der Waals surface area (Å²) in [6.07, 6.45) is -0.616. The van der Waals surface area contributed by atoms with Crippen LogP contribution in [0.1, 0.15) is 62.3 Å². The molecule has 102 valence electrons. The SMILES string of the molecule is CC(C)(C)C(=O)[C@H]([C@@H](O)C(C)(C)C)C(C)(C)C. The summed E-state index contributed by atoms with van der Waals surface area (Å²) < 4.78 is 0. The minimum Gasteiger partial charge on any atom is -0.392 e. The number of carbonyl (C=O) groups is 1. The number of Topliss-reactive ketones (excluding diaryl/α,β-unsaturated/α-hetero) is 1. The molecule has 0 saturated heterocycles. The fourth-order valence-corrected chi connectivity index (χ4v) is 1.98. The Morgan fingerprint density at radius 1 is 0.824 bits per heavy atom. The van der Waals surface area contributed by atoms with Gasteiger partial charge in [0.2, 0.25) is 0 Å². The van der Waals surface area contributed by atoms with Gasteiger partial charge in [-0.3, -0.25) is 4.79 Å². The molecular weight excluding hydrogens is 212 g/mol. The van der Waals surface area contributed by atoms with E-state index < -0.39 is 11.5 Å². The maximum atomic E-state index is 12.5. The Bertz CT molecular complexity index is 271. The van der Waals surface area contributed by atoms with E-state index in [1.807, 2.05) is 62.3 Å². The molecular formula is C15H30O2. The standard InChI is InChI=1S/C15H30O2/c1-13(2,3)10(11(16)14(4,5)6)12(17)15(7,8)9/h10-11,16H,1-9H3/t10-,11+/m0/s1. The van der Waals surface area contributed by atoms with Crippen LogP contribution in [-0.4, -0.2) is 17.0 Å². The first kappa shape index (κ1) is 16.6. The van der Waals surface area contributed by atoms with Crippen LogP contribution in [0.25, 0.3) is 0 Å². The van der Waals surface area contributed by atoms with Crippen LogP contribution in [0.4, 0.5) is 0 Å². The van der Waals surface area contributed by atoms with Crippen molar-refractivity contribution in [3.63, 3.8) is 0 Å². The average Bonchev–Trinajstić information content (AvgIpc) is 1.97. The number of aliphatic hydroxyl groups is 1. The Hall–Kier alpha value is -0.370. The molecule has 0 bridgehead atoms. The summed E-state index contributed by atoms with van der Waals surface area (Å²) in [6, 6.07) is 0. The van der Waals surface area contributed by atoms with Crippen molar-refractivity contribution in [2.45, 2.75) is 68.4 Å². The maximum Gasteiger partial charge on any atom is 0.144 e.